The van der Waals surface area contributed by atoms with Gasteiger partial charge in [0.15, 0.2) is 5.82 Å². The van der Waals surface area contributed by atoms with Crippen LogP contribution < -0.4 is 5.69 Å². The number of morpholine rings is 1. The van der Waals surface area contributed by atoms with Gasteiger partial charge in [0.2, 0.25) is 0 Å². The number of benzene rings is 1. The van der Waals surface area contributed by atoms with Crippen molar-refractivity contribution in [1.29, 1.82) is 0 Å². The molecule has 36 heavy (non-hydrogen) atoms. The Kier molecular flexibility index (Phi) is 8.02. The highest BCUT2D eigenvalue weighted by Gasteiger charge is 2.23. The third kappa shape index (κ3) is 6.46. The molecule has 0 atom stereocenters. The molecule has 3 heterocycles. The van der Waals surface area contributed by atoms with Gasteiger partial charge < -0.3 is 4.74 Å². The molecule has 192 valence electrons. The van der Waals surface area contributed by atoms with Crippen molar-refractivity contribution in [3.63, 3.8) is 0 Å². The first-order chi connectivity index (χ1) is 17.1. The normalized spacial score (nSPS) is 14.8. The molecule has 2 aromatic heterocycles. The molecule has 10 heteroatoms. The lowest BCUT2D eigenvalue weighted by Gasteiger charge is -2.26. The molecule has 3 aromatic rings. The summed E-state index contributed by atoms with van der Waals surface area (Å²) < 4.78 is 21.6. The summed E-state index contributed by atoms with van der Waals surface area (Å²) in [5, 5.41) is 4.33. The van der Waals surface area contributed by atoms with Crippen molar-refractivity contribution in [2.24, 2.45) is 5.41 Å². The van der Waals surface area contributed by atoms with E-state index in [1.807, 2.05) is 26.8 Å². The molecule has 0 amide bonds. The number of rotatable bonds is 8. The van der Waals surface area contributed by atoms with Crippen LogP contribution in [0.25, 0.3) is 11.5 Å². The molecule has 1 aromatic carbocycles. The lowest BCUT2D eigenvalue weighted by Crippen LogP contribution is -2.37. The largest absolute Gasteiger partial charge is 0.379 e. The average Bonchev–Trinajstić information content (AvgIpc) is 3.14. The van der Waals surface area contributed by atoms with E-state index in [4.69, 9.17) is 16.3 Å². The van der Waals surface area contributed by atoms with E-state index in [1.54, 1.807) is 12.3 Å². The molecular weight excluding hydrogens is 485 g/mol. The molecule has 1 aliphatic heterocycles. The van der Waals surface area contributed by atoms with E-state index in [0.29, 0.717) is 17.9 Å². The van der Waals surface area contributed by atoms with Crippen LogP contribution in [0.4, 0.5) is 4.39 Å². The minimum absolute atomic E-state index is 0.0495. The molecule has 8 nitrogen and oxygen atoms in total. The predicted molar refractivity (Wildman–Crippen MR) is 136 cm³/mol. The van der Waals surface area contributed by atoms with E-state index in [-0.39, 0.29) is 28.5 Å². The summed E-state index contributed by atoms with van der Waals surface area (Å²) in [5.41, 5.74) is 0.662. The first-order valence-electron chi connectivity index (χ1n) is 12.0. The van der Waals surface area contributed by atoms with Crippen LogP contribution in [0.5, 0.6) is 0 Å². The Morgan fingerprint density at radius 3 is 2.56 bits per heavy atom. The minimum atomic E-state index is -0.597. The van der Waals surface area contributed by atoms with Gasteiger partial charge in [-0.05, 0) is 41.7 Å². The second-order valence-electron chi connectivity index (χ2n) is 10.2. The molecule has 1 aliphatic rings. The van der Waals surface area contributed by atoms with Gasteiger partial charge in [-0.3, -0.25) is 9.69 Å². The zero-order valence-corrected chi connectivity index (χ0v) is 21.6. The SMILES string of the molecule is CC(C)(C)CC(=O)Cc1nn(-c2ccc(CCN3CCOCC3)cn2)c(=O)n1-c1ccc(F)c(Cl)c1. The van der Waals surface area contributed by atoms with Crippen LogP contribution in [0.1, 0.15) is 38.6 Å². The number of pyridine rings is 1. The van der Waals surface area contributed by atoms with Crippen molar-refractivity contribution in [2.45, 2.75) is 40.0 Å². The maximum Gasteiger partial charge on any atom is 0.356 e. The van der Waals surface area contributed by atoms with Crippen LogP contribution in [0, 0.1) is 11.2 Å². The fourth-order valence-electron chi connectivity index (χ4n) is 4.19. The van der Waals surface area contributed by atoms with E-state index in [2.05, 4.69) is 15.0 Å². The lowest BCUT2D eigenvalue weighted by molar-refractivity contribution is -0.120. The quantitative estimate of drug-likeness (QED) is 0.455. The van der Waals surface area contributed by atoms with Crippen molar-refractivity contribution in [3.8, 4) is 11.5 Å². The van der Waals surface area contributed by atoms with Crippen LogP contribution in [-0.2, 0) is 22.4 Å². The highest BCUT2D eigenvalue weighted by atomic mass is 35.5. The molecular formula is C26H31ClFN5O3. The Hall–Kier alpha value is -2.88. The number of hydrogen-bond donors (Lipinski definition) is 0. The van der Waals surface area contributed by atoms with Crippen molar-refractivity contribution in [1.82, 2.24) is 24.2 Å². The Morgan fingerprint density at radius 1 is 1.17 bits per heavy atom. The zero-order chi connectivity index (χ0) is 25.9. The van der Waals surface area contributed by atoms with Gasteiger partial charge in [0.1, 0.15) is 17.4 Å². The number of nitrogens with zero attached hydrogens (tertiary/aromatic N) is 5. The van der Waals surface area contributed by atoms with Crippen molar-refractivity contribution in [3.05, 3.63) is 69.2 Å². The predicted octanol–water partition coefficient (Wildman–Crippen LogP) is 3.63. The number of ether oxygens (including phenoxy) is 1. The molecule has 1 saturated heterocycles. The highest BCUT2D eigenvalue weighted by molar-refractivity contribution is 6.30. The maximum atomic E-state index is 13.8. The average molecular weight is 516 g/mol. The number of carbonyl (C=O) groups is 1. The third-order valence-corrected chi connectivity index (χ3v) is 6.23. The first kappa shape index (κ1) is 26.2. The first-order valence-corrected chi connectivity index (χ1v) is 12.4. The summed E-state index contributed by atoms with van der Waals surface area (Å²) in [4.78, 5) is 33.0. The van der Waals surface area contributed by atoms with Gasteiger partial charge in [0, 0.05) is 32.3 Å². The molecule has 0 N–H and O–H groups in total. The van der Waals surface area contributed by atoms with E-state index >= 15 is 0 Å². The second kappa shape index (κ2) is 11.0. The van der Waals surface area contributed by atoms with E-state index < -0.39 is 11.5 Å². The van der Waals surface area contributed by atoms with E-state index in [1.165, 1.54) is 27.4 Å². The van der Waals surface area contributed by atoms with E-state index in [9.17, 15) is 14.0 Å². The van der Waals surface area contributed by atoms with Gasteiger partial charge in [-0.1, -0.05) is 38.4 Å². The Labute approximate surface area is 214 Å². The third-order valence-electron chi connectivity index (χ3n) is 5.94. The van der Waals surface area contributed by atoms with Crippen LogP contribution in [0.3, 0.4) is 0 Å². The summed E-state index contributed by atoms with van der Waals surface area (Å²) in [6.07, 6.45) is 2.85. The molecule has 1 fully saturated rings. The lowest BCUT2D eigenvalue weighted by atomic mass is 9.89. The molecule has 0 saturated carbocycles. The van der Waals surface area contributed by atoms with Crippen molar-refractivity contribution >= 4 is 17.4 Å². The van der Waals surface area contributed by atoms with Crippen molar-refractivity contribution in [2.75, 3.05) is 32.8 Å². The van der Waals surface area contributed by atoms with Crippen LogP contribution in [0.15, 0.2) is 41.3 Å². The summed E-state index contributed by atoms with van der Waals surface area (Å²) in [7, 11) is 0. The number of halogens is 2. The second-order valence-corrected chi connectivity index (χ2v) is 10.6. The van der Waals surface area contributed by atoms with Gasteiger partial charge in [0.25, 0.3) is 0 Å². The van der Waals surface area contributed by atoms with Gasteiger partial charge in [-0.25, -0.2) is 18.7 Å². The Balaban J connectivity index is 1.62. The topological polar surface area (TPSA) is 82.2 Å². The van der Waals surface area contributed by atoms with Gasteiger partial charge in [-0.15, -0.1) is 5.10 Å². The Morgan fingerprint density at radius 2 is 1.92 bits per heavy atom. The Bertz CT molecular complexity index is 1270. The van der Waals surface area contributed by atoms with E-state index in [0.717, 1.165) is 44.8 Å². The standard InChI is InChI=1S/C26H31ClFN5O3/c1-26(2,3)16-20(34)15-24-30-33(25(35)32(24)19-5-6-22(28)21(27)14-19)23-7-4-18(17-29-23)8-9-31-10-12-36-13-11-31/h4-7,14,17H,8-13,15-16H2,1-3H3. The molecule has 0 spiro atoms. The minimum Gasteiger partial charge on any atom is -0.379 e. The summed E-state index contributed by atoms with van der Waals surface area (Å²) in [5.74, 6) is -0.0669. The summed E-state index contributed by atoms with van der Waals surface area (Å²) in [6.45, 7) is 10.2. The zero-order valence-electron chi connectivity index (χ0n) is 20.8. The van der Waals surface area contributed by atoms with Gasteiger partial charge >= 0.3 is 5.69 Å². The summed E-state index contributed by atoms with van der Waals surface area (Å²) >= 11 is 5.98. The maximum absolute atomic E-state index is 13.8. The number of hydrogen-bond acceptors (Lipinski definition) is 6. The fourth-order valence-corrected chi connectivity index (χ4v) is 4.36. The fraction of sp³-hybridized carbons (Fsp3) is 0.462. The summed E-state index contributed by atoms with van der Waals surface area (Å²) in [6, 6.07) is 7.64. The van der Waals surface area contributed by atoms with Crippen LogP contribution in [0.2, 0.25) is 5.02 Å². The molecule has 0 bridgehead atoms. The molecule has 4 rings (SSSR count). The van der Waals surface area contributed by atoms with Gasteiger partial charge in [0.05, 0.1) is 30.3 Å². The number of aromatic nitrogens is 4. The molecule has 0 radical (unpaired) electrons. The number of Topliss-reactive ketones (excluding diaryl/α,β-unsaturated/α-hetero) is 1. The number of carbonyl (C=O) groups excluding carboxylic acids is 1. The van der Waals surface area contributed by atoms with Gasteiger partial charge in [-0.2, -0.15) is 4.68 Å². The monoisotopic (exact) mass is 515 g/mol. The molecule has 0 unspecified atom stereocenters. The van der Waals surface area contributed by atoms with Crippen molar-refractivity contribution < 1.29 is 13.9 Å². The number of ketones is 1. The highest BCUT2D eigenvalue weighted by Crippen LogP contribution is 2.22. The molecule has 0 aliphatic carbocycles. The van der Waals surface area contributed by atoms with Crippen LogP contribution in [-0.4, -0.2) is 62.9 Å². The smallest absolute Gasteiger partial charge is 0.356 e. The van der Waals surface area contributed by atoms with Crippen LogP contribution >= 0.6 is 11.6 Å².